The van der Waals surface area contributed by atoms with Crippen molar-refractivity contribution >= 4 is 5.69 Å². The fourth-order valence-corrected chi connectivity index (χ4v) is 3.32. The molecular formula is C15H19N3. The number of fused-ring (bicyclic) bond motifs is 1. The van der Waals surface area contributed by atoms with E-state index in [9.17, 15) is 0 Å². The van der Waals surface area contributed by atoms with Gasteiger partial charge in [-0.25, -0.2) is 0 Å². The maximum atomic E-state index is 9.12. The van der Waals surface area contributed by atoms with Gasteiger partial charge in [-0.3, -0.25) is 4.90 Å². The molecule has 0 spiro atoms. The zero-order chi connectivity index (χ0) is 12.4. The van der Waals surface area contributed by atoms with Crippen LogP contribution in [-0.4, -0.2) is 30.1 Å². The Morgan fingerprint density at radius 3 is 2.94 bits per heavy atom. The molecule has 2 atom stereocenters. The first-order chi connectivity index (χ1) is 8.88. The minimum absolute atomic E-state index is 0.514. The lowest BCUT2D eigenvalue weighted by Crippen LogP contribution is -2.41. The number of rotatable bonds is 2. The standard InChI is InChI=1S/C15H19N3/c16-11-12-5-1-2-6-13(12)17-14-8-10-18-9-4-3-7-15(14)18/h1-2,5-6,14-15,17H,3-4,7-10H2. The van der Waals surface area contributed by atoms with Gasteiger partial charge in [0.1, 0.15) is 6.07 Å². The van der Waals surface area contributed by atoms with E-state index >= 15 is 0 Å². The van der Waals surface area contributed by atoms with Crippen molar-refractivity contribution in [2.24, 2.45) is 0 Å². The summed E-state index contributed by atoms with van der Waals surface area (Å²) in [5.41, 5.74) is 1.75. The summed E-state index contributed by atoms with van der Waals surface area (Å²) in [4.78, 5) is 2.61. The number of nitrogens with zero attached hydrogens (tertiary/aromatic N) is 2. The second-order valence-corrected chi connectivity index (χ2v) is 5.30. The number of para-hydroxylation sites is 1. The van der Waals surface area contributed by atoms with E-state index in [1.165, 1.54) is 38.8 Å². The van der Waals surface area contributed by atoms with Gasteiger partial charge in [-0.2, -0.15) is 5.26 Å². The molecule has 0 aromatic heterocycles. The molecule has 2 heterocycles. The van der Waals surface area contributed by atoms with E-state index in [2.05, 4.69) is 16.3 Å². The van der Waals surface area contributed by atoms with Crippen molar-refractivity contribution in [3.8, 4) is 6.07 Å². The molecule has 94 valence electrons. The molecule has 3 nitrogen and oxygen atoms in total. The minimum Gasteiger partial charge on any atom is -0.380 e. The molecule has 3 rings (SSSR count). The van der Waals surface area contributed by atoms with E-state index in [0.29, 0.717) is 12.1 Å². The number of nitriles is 1. The third-order valence-electron chi connectivity index (χ3n) is 4.24. The lowest BCUT2D eigenvalue weighted by molar-refractivity contribution is 0.193. The molecule has 2 fully saturated rings. The Morgan fingerprint density at radius 2 is 2.06 bits per heavy atom. The van der Waals surface area contributed by atoms with Crippen LogP contribution < -0.4 is 5.32 Å². The van der Waals surface area contributed by atoms with Crippen LogP contribution in [0.15, 0.2) is 24.3 Å². The average Bonchev–Trinajstić information content (AvgIpc) is 2.83. The molecule has 0 saturated carbocycles. The quantitative estimate of drug-likeness (QED) is 0.865. The average molecular weight is 241 g/mol. The molecule has 18 heavy (non-hydrogen) atoms. The second-order valence-electron chi connectivity index (χ2n) is 5.30. The molecule has 0 radical (unpaired) electrons. The highest BCUT2D eigenvalue weighted by atomic mass is 15.2. The van der Waals surface area contributed by atoms with Crippen LogP contribution in [0, 0.1) is 11.3 Å². The molecule has 1 aromatic rings. The number of hydrogen-bond donors (Lipinski definition) is 1. The highest BCUT2D eigenvalue weighted by molar-refractivity contribution is 5.57. The van der Waals surface area contributed by atoms with Crippen molar-refractivity contribution < 1.29 is 0 Å². The third-order valence-corrected chi connectivity index (χ3v) is 4.24. The summed E-state index contributed by atoms with van der Waals surface area (Å²) >= 11 is 0. The van der Waals surface area contributed by atoms with Gasteiger partial charge < -0.3 is 5.32 Å². The largest absolute Gasteiger partial charge is 0.380 e. The highest BCUT2D eigenvalue weighted by Crippen LogP contribution is 2.30. The van der Waals surface area contributed by atoms with Gasteiger partial charge in [-0.05, 0) is 37.9 Å². The Kier molecular flexibility index (Phi) is 3.21. The molecule has 2 unspecified atom stereocenters. The molecule has 2 aliphatic rings. The fourth-order valence-electron chi connectivity index (χ4n) is 3.32. The van der Waals surface area contributed by atoms with Crippen molar-refractivity contribution in [2.45, 2.75) is 37.8 Å². The number of piperidine rings is 1. The van der Waals surface area contributed by atoms with Gasteiger partial charge in [-0.1, -0.05) is 18.6 Å². The Hall–Kier alpha value is -1.53. The SMILES string of the molecule is N#Cc1ccccc1NC1CCN2CCCCC12. The van der Waals surface area contributed by atoms with Gasteiger partial charge in [0.25, 0.3) is 0 Å². The monoisotopic (exact) mass is 241 g/mol. The van der Waals surface area contributed by atoms with Gasteiger partial charge in [0, 0.05) is 18.6 Å². The van der Waals surface area contributed by atoms with Gasteiger partial charge >= 0.3 is 0 Å². The van der Waals surface area contributed by atoms with Crippen LogP contribution in [0.1, 0.15) is 31.2 Å². The van der Waals surface area contributed by atoms with Crippen LogP contribution in [0.3, 0.4) is 0 Å². The van der Waals surface area contributed by atoms with Crippen molar-refractivity contribution in [2.75, 3.05) is 18.4 Å². The first-order valence-electron chi connectivity index (χ1n) is 6.88. The number of nitrogens with one attached hydrogen (secondary N) is 1. The first kappa shape index (κ1) is 11.6. The summed E-state index contributed by atoms with van der Waals surface area (Å²) in [5, 5.41) is 12.7. The number of hydrogen-bond acceptors (Lipinski definition) is 3. The van der Waals surface area contributed by atoms with Crippen LogP contribution in [0.2, 0.25) is 0 Å². The molecule has 1 aromatic carbocycles. The lowest BCUT2D eigenvalue weighted by Gasteiger charge is -2.33. The van der Waals surface area contributed by atoms with Crippen molar-refractivity contribution in [1.29, 1.82) is 5.26 Å². The van der Waals surface area contributed by atoms with Crippen LogP contribution in [0.5, 0.6) is 0 Å². The van der Waals surface area contributed by atoms with E-state index in [0.717, 1.165) is 11.3 Å². The second kappa shape index (κ2) is 4.99. The van der Waals surface area contributed by atoms with E-state index in [-0.39, 0.29) is 0 Å². The minimum atomic E-state index is 0.514. The van der Waals surface area contributed by atoms with Crippen molar-refractivity contribution in [3.63, 3.8) is 0 Å². The van der Waals surface area contributed by atoms with E-state index in [1.54, 1.807) is 0 Å². The maximum Gasteiger partial charge on any atom is 0.101 e. The Balaban J connectivity index is 1.75. The van der Waals surface area contributed by atoms with Gasteiger partial charge in [0.15, 0.2) is 0 Å². The van der Waals surface area contributed by atoms with Gasteiger partial charge in [0.2, 0.25) is 0 Å². The Labute approximate surface area is 108 Å². The van der Waals surface area contributed by atoms with Gasteiger partial charge in [0.05, 0.1) is 11.3 Å². The molecule has 0 bridgehead atoms. The molecular weight excluding hydrogens is 222 g/mol. The molecule has 2 aliphatic heterocycles. The van der Waals surface area contributed by atoms with E-state index in [4.69, 9.17) is 5.26 Å². The molecule has 0 aliphatic carbocycles. The number of anilines is 1. The summed E-state index contributed by atoms with van der Waals surface area (Å²) in [5.74, 6) is 0. The fraction of sp³-hybridized carbons (Fsp3) is 0.533. The van der Waals surface area contributed by atoms with Crippen LogP contribution >= 0.6 is 0 Å². The van der Waals surface area contributed by atoms with Crippen LogP contribution in [0.4, 0.5) is 5.69 Å². The summed E-state index contributed by atoms with van der Waals surface area (Å²) < 4.78 is 0. The maximum absolute atomic E-state index is 9.12. The zero-order valence-corrected chi connectivity index (χ0v) is 10.6. The smallest absolute Gasteiger partial charge is 0.101 e. The third kappa shape index (κ3) is 2.09. The first-order valence-corrected chi connectivity index (χ1v) is 6.88. The van der Waals surface area contributed by atoms with Crippen molar-refractivity contribution in [3.05, 3.63) is 29.8 Å². The Morgan fingerprint density at radius 1 is 1.17 bits per heavy atom. The normalized spacial score (nSPS) is 27.5. The molecule has 3 heteroatoms. The van der Waals surface area contributed by atoms with E-state index < -0.39 is 0 Å². The van der Waals surface area contributed by atoms with Gasteiger partial charge in [-0.15, -0.1) is 0 Å². The molecule has 1 N–H and O–H groups in total. The highest BCUT2D eigenvalue weighted by Gasteiger charge is 2.35. The van der Waals surface area contributed by atoms with E-state index in [1.807, 2.05) is 24.3 Å². The predicted molar refractivity (Wildman–Crippen MR) is 72.4 cm³/mol. The summed E-state index contributed by atoms with van der Waals surface area (Å²) in [6.07, 6.45) is 5.19. The summed E-state index contributed by atoms with van der Waals surface area (Å²) in [6, 6.07) is 11.3. The molecule has 2 saturated heterocycles. The summed E-state index contributed by atoms with van der Waals surface area (Å²) in [6.45, 7) is 2.46. The topological polar surface area (TPSA) is 39.1 Å². The molecule has 0 amide bonds. The summed E-state index contributed by atoms with van der Waals surface area (Å²) in [7, 11) is 0. The Bertz CT molecular complexity index is 463. The lowest BCUT2D eigenvalue weighted by atomic mass is 9.98. The van der Waals surface area contributed by atoms with Crippen LogP contribution in [0.25, 0.3) is 0 Å². The van der Waals surface area contributed by atoms with Crippen LogP contribution in [-0.2, 0) is 0 Å². The number of benzene rings is 1. The predicted octanol–water partition coefficient (Wildman–Crippen LogP) is 2.60. The zero-order valence-electron chi connectivity index (χ0n) is 10.6. The van der Waals surface area contributed by atoms with Crippen molar-refractivity contribution in [1.82, 2.24) is 4.90 Å².